The topological polar surface area (TPSA) is 33.7 Å². The number of piperazine rings is 1. The predicted molar refractivity (Wildman–Crippen MR) is 97.1 cm³/mol. The number of rotatable bonds is 7. The Kier molecular flexibility index (Phi) is 6.10. The van der Waals surface area contributed by atoms with Crippen molar-refractivity contribution in [2.75, 3.05) is 39.3 Å². The summed E-state index contributed by atoms with van der Waals surface area (Å²) in [7, 11) is 0. The molecule has 3 rings (SSSR count). The number of nitrogens with zero attached hydrogens (tertiary/aromatic N) is 1. The van der Waals surface area contributed by atoms with Crippen LogP contribution in [0.3, 0.4) is 0 Å². The predicted octanol–water partition coefficient (Wildman–Crippen LogP) is 3.33. The Morgan fingerprint density at radius 1 is 1.00 bits per heavy atom. The molecular formula is C20H26N2O2. The highest BCUT2D eigenvalue weighted by Gasteiger charge is 2.12. The molecule has 1 heterocycles. The zero-order chi connectivity index (χ0) is 16.6. The highest BCUT2D eigenvalue weighted by Crippen LogP contribution is 2.28. The molecular weight excluding hydrogens is 300 g/mol. The van der Waals surface area contributed by atoms with Gasteiger partial charge < -0.3 is 19.7 Å². The van der Waals surface area contributed by atoms with Crippen molar-refractivity contribution in [2.24, 2.45) is 0 Å². The van der Waals surface area contributed by atoms with E-state index in [1.54, 1.807) is 0 Å². The molecule has 4 heteroatoms. The second kappa shape index (κ2) is 8.71. The summed E-state index contributed by atoms with van der Waals surface area (Å²) in [6, 6.07) is 16.0. The monoisotopic (exact) mass is 326 g/mol. The lowest BCUT2D eigenvalue weighted by atomic mass is 10.1. The van der Waals surface area contributed by atoms with Gasteiger partial charge in [-0.05, 0) is 49.2 Å². The van der Waals surface area contributed by atoms with Gasteiger partial charge in [0.25, 0.3) is 0 Å². The van der Waals surface area contributed by atoms with Crippen LogP contribution in [0.1, 0.15) is 12.5 Å². The van der Waals surface area contributed by atoms with Crippen molar-refractivity contribution in [1.29, 1.82) is 0 Å². The van der Waals surface area contributed by atoms with Gasteiger partial charge >= 0.3 is 0 Å². The van der Waals surface area contributed by atoms with Gasteiger partial charge in [-0.15, -0.1) is 0 Å². The first kappa shape index (κ1) is 16.8. The Labute approximate surface area is 144 Å². The van der Waals surface area contributed by atoms with Gasteiger partial charge in [0.2, 0.25) is 0 Å². The van der Waals surface area contributed by atoms with Crippen molar-refractivity contribution in [3.8, 4) is 17.2 Å². The Morgan fingerprint density at radius 3 is 2.54 bits per heavy atom. The number of benzene rings is 2. The van der Waals surface area contributed by atoms with Crippen LogP contribution >= 0.6 is 0 Å². The fraction of sp³-hybridized carbons (Fsp3) is 0.400. The standard InChI is InChI=1S/C20H26N2O2/c1-2-23-20-9-8-19(24-18-6-4-3-5-7-18)16-17(20)10-13-22-14-11-21-12-15-22/h3-9,16,21H,2,10-15H2,1H3. The largest absolute Gasteiger partial charge is 0.494 e. The molecule has 128 valence electrons. The molecule has 0 aliphatic carbocycles. The van der Waals surface area contributed by atoms with Crippen LogP contribution in [-0.4, -0.2) is 44.2 Å². The minimum atomic E-state index is 0.680. The number of para-hydroxylation sites is 1. The Balaban J connectivity index is 1.70. The highest BCUT2D eigenvalue weighted by atomic mass is 16.5. The van der Waals surface area contributed by atoms with Crippen molar-refractivity contribution < 1.29 is 9.47 Å². The lowest BCUT2D eigenvalue weighted by molar-refractivity contribution is 0.242. The van der Waals surface area contributed by atoms with Crippen LogP contribution in [-0.2, 0) is 6.42 Å². The normalized spacial score (nSPS) is 15.2. The maximum Gasteiger partial charge on any atom is 0.127 e. The van der Waals surface area contributed by atoms with E-state index in [9.17, 15) is 0 Å². The van der Waals surface area contributed by atoms with E-state index in [4.69, 9.17) is 9.47 Å². The molecule has 1 saturated heterocycles. The fourth-order valence-corrected chi connectivity index (χ4v) is 2.95. The van der Waals surface area contributed by atoms with Crippen molar-refractivity contribution in [1.82, 2.24) is 10.2 Å². The maximum absolute atomic E-state index is 5.96. The Bertz CT molecular complexity index is 625. The quantitative estimate of drug-likeness (QED) is 0.846. The van der Waals surface area contributed by atoms with Gasteiger partial charge in [0, 0.05) is 32.7 Å². The Morgan fingerprint density at radius 2 is 1.79 bits per heavy atom. The summed E-state index contributed by atoms with van der Waals surface area (Å²) in [6.45, 7) is 8.14. The van der Waals surface area contributed by atoms with Crippen LogP contribution in [0.4, 0.5) is 0 Å². The average Bonchev–Trinajstić information content (AvgIpc) is 2.64. The third-order valence-corrected chi connectivity index (χ3v) is 4.22. The van der Waals surface area contributed by atoms with E-state index in [1.807, 2.05) is 49.4 Å². The van der Waals surface area contributed by atoms with Gasteiger partial charge in [-0.2, -0.15) is 0 Å². The smallest absolute Gasteiger partial charge is 0.127 e. The molecule has 0 radical (unpaired) electrons. The summed E-state index contributed by atoms with van der Waals surface area (Å²) >= 11 is 0. The first-order valence-corrected chi connectivity index (χ1v) is 8.77. The Hall–Kier alpha value is -2.04. The van der Waals surface area contributed by atoms with Crippen molar-refractivity contribution >= 4 is 0 Å². The molecule has 0 bridgehead atoms. The van der Waals surface area contributed by atoms with Crippen molar-refractivity contribution in [3.63, 3.8) is 0 Å². The second-order valence-corrected chi connectivity index (χ2v) is 5.96. The van der Waals surface area contributed by atoms with Crippen LogP contribution in [0.25, 0.3) is 0 Å². The summed E-state index contributed by atoms with van der Waals surface area (Å²) < 4.78 is 11.8. The number of hydrogen-bond donors (Lipinski definition) is 1. The molecule has 0 spiro atoms. The van der Waals surface area contributed by atoms with Crippen LogP contribution in [0, 0.1) is 0 Å². The van der Waals surface area contributed by atoms with Gasteiger partial charge in [-0.3, -0.25) is 0 Å². The van der Waals surface area contributed by atoms with Gasteiger partial charge in [-0.25, -0.2) is 0 Å². The molecule has 24 heavy (non-hydrogen) atoms. The van der Waals surface area contributed by atoms with E-state index in [0.717, 1.165) is 56.4 Å². The molecule has 2 aromatic rings. The minimum absolute atomic E-state index is 0.680. The molecule has 1 aliphatic rings. The van der Waals surface area contributed by atoms with Crippen LogP contribution < -0.4 is 14.8 Å². The third-order valence-electron chi connectivity index (χ3n) is 4.22. The molecule has 0 atom stereocenters. The average molecular weight is 326 g/mol. The molecule has 0 saturated carbocycles. The summed E-state index contributed by atoms with van der Waals surface area (Å²) in [5.41, 5.74) is 1.21. The van der Waals surface area contributed by atoms with Gasteiger partial charge in [0.15, 0.2) is 0 Å². The summed E-state index contributed by atoms with van der Waals surface area (Å²) in [5.74, 6) is 2.68. The van der Waals surface area contributed by atoms with E-state index in [0.29, 0.717) is 6.61 Å². The number of hydrogen-bond acceptors (Lipinski definition) is 4. The molecule has 0 unspecified atom stereocenters. The van der Waals surface area contributed by atoms with Gasteiger partial charge in [-0.1, -0.05) is 18.2 Å². The summed E-state index contributed by atoms with van der Waals surface area (Å²) in [5, 5.41) is 3.39. The molecule has 1 N–H and O–H groups in total. The van der Waals surface area contributed by atoms with E-state index >= 15 is 0 Å². The number of nitrogens with one attached hydrogen (secondary N) is 1. The summed E-state index contributed by atoms with van der Waals surface area (Å²) in [6.07, 6.45) is 0.974. The maximum atomic E-state index is 5.96. The van der Waals surface area contributed by atoms with Crippen LogP contribution in [0.15, 0.2) is 48.5 Å². The van der Waals surface area contributed by atoms with E-state index in [1.165, 1.54) is 5.56 Å². The molecule has 0 aromatic heterocycles. The van der Waals surface area contributed by atoms with Crippen molar-refractivity contribution in [2.45, 2.75) is 13.3 Å². The lowest BCUT2D eigenvalue weighted by Gasteiger charge is -2.27. The second-order valence-electron chi connectivity index (χ2n) is 5.96. The molecule has 0 amide bonds. The fourth-order valence-electron chi connectivity index (χ4n) is 2.95. The highest BCUT2D eigenvalue weighted by molar-refractivity contribution is 5.42. The van der Waals surface area contributed by atoms with Crippen LogP contribution in [0.2, 0.25) is 0 Å². The summed E-state index contributed by atoms with van der Waals surface area (Å²) in [4.78, 5) is 2.50. The van der Waals surface area contributed by atoms with Crippen molar-refractivity contribution in [3.05, 3.63) is 54.1 Å². The number of ether oxygens (including phenoxy) is 2. The first-order valence-electron chi connectivity index (χ1n) is 8.77. The minimum Gasteiger partial charge on any atom is -0.494 e. The van der Waals surface area contributed by atoms with E-state index in [2.05, 4.69) is 16.3 Å². The first-order chi connectivity index (χ1) is 11.8. The zero-order valence-corrected chi connectivity index (χ0v) is 14.3. The van der Waals surface area contributed by atoms with Gasteiger partial charge in [0.1, 0.15) is 17.2 Å². The lowest BCUT2D eigenvalue weighted by Crippen LogP contribution is -2.44. The molecule has 1 aliphatic heterocycles. The third kappa shape index (κ3) is 4.73. The molecule has 4 nitrogen and oxygen atoms in total. The SMILES string of the molecule is CCOc1ccc(Oc2ccccc2)cc1CCN1CCNCC1. The zero-order valence-electron chi connectivity index (χ0n) is 14.3. The van der Waals surface area contributed by atoms with Gasteiger partial charge in [0.05, 0.1) is 6.61 Å². The van der Waals surface area contributed by atoms with E-state index in [-0.39, 0.29) is 0 Å². The molecule has 1 fully saturated rings. The van der Waals surface area contributed by atoms with E-state index < -0.39 is 0 Å². The van der Waals surface area contributed by atoms with Crippen LogP contribution in [0.5, 0.6) is 17.2 Å². The molecule has 2 aromatic carbocycles.